The Bertz CT molecular complexity index is 569. The van der Waals surface area contributed by atoms with Gasteiger partial charge in [-0.05, 0) is 40.4 Å². The smallest absolute Gasteiger partial charge is 0.388 e. The molecular formula is C13H14BrF2N3O. The van der Waals surface area contributed by atoms with Gasteiger partial charge >= 0.3 is 6.61 Å². The van der Waals surface area contributed by atoms with E-state index in [2.05, 4.69) is 44.6 Å². The van der Waals surface area contributed by atoms with Crippen molar-refractivity contribution in [3.8, 4) is 11.6 Å². The van der Waals surface area contributed by atoms with Crippen molar-refractivity contribution < 1.29 is 13.5 Å². The number of nitrogens with zero attached hydrogens (tertiary/aromatic N) is 3. The third-order valence-corrected chi connectivity index (χ3v) is 2.93. The van der Waals surface area contributed by atoms with Gasteiger partial charge in [-0.25, -0.2) is 9.67 Å². The minimum absolute atomic E-state index is 0.111. The van der Waals surface area contributed by atoms with Crippen LogP contribution in [-0.2, 0) is 6.42 Å². The lowest BCUT2D eigenvalue weighted by Crippen LogP contribution is -2.07. The number of aromatic nitrogens is 3. The first-order valence-electron chi connectivity index (χ1n) is 6.11. The molecule has 0 aliphatic heterocycles. The molecule has 0 radical (unpaired) electrons. The predicted molar refractivity (Wildman–Crippen MR) is 74.2 cm³/mol. The van der Waals surface area contributed by atoms with Gasteiger partial charge in [-0.15, -0.1) is 0 Å². The molecule has 0 aliphatic carbocycles. The SMILES string of the molecule is CC(C)Cc1cc(Br)nn1-c1ccc(OC(F)F)nc1. The van der Waals surface area contributed by atoms with Crippen molar-refractivity contribution in [2.24, 2.45) is 5.92 Å². The Morgan fingerprint density at radius 2 is 2.10 bits per heavy atom. The van der Waals surface area contributed by atoms with Gasteiger partial charge in [0, 0.05) is 11.8 Å². The van der Waals surface area contributed by atoms with E-state index < -0.39 is 6.61 Å². The highest BCUT2D eigenvalue weighted by Gasteiger charge is 2.11. The van der Waals surface area contributed by atoms with Crippen LogP contribution in [0.25, 0.3) is 5.69 Å². The summed E-state index contributed by atoms with van der Waals surface area (Å²) in [6.45, 7) is 1.36. The molecule has 0 amide bonds. The fraction of sp³-hybridized carbons (Fsp3) is 0.385. The summed E-state index contributed by atoms with van der Waals surface area (Å²) in [6, 6.07) is 4.98. The van der Waals surface area contributed by atoms with E-state index in [-0.39, 0.29) is 5.88 Å². The molecule has 7 heteroatoms. The lowest BCUT2D eigenvalue weighted by molar-refractivity contribution is -0.0528. The van der Waals surface area contributed by atoms with Crippen LogP contribution in [0.3, 0.4) is 0 Å². The quantitative estimate of drug-likeness (QED) is 0.826. The van der Waals surface area contributed by atoms with E-state index in [0.29, 0.717) is 11.6 Å². The molecule has 0 saturated heterocycles. The zero-order valence-corrected chi connectivity index (χ0v) is 12.6. The third kappa shape index (κ3) is 3.75. The van der Waals surface area contributed by atoms with Gasteiger partial charge in [0.1, 0.15) is 4.60 Å². The molecule has 0 aliphatic rings. The standard InChI is InChI=1S/C13H14BrF2N3O/c1-8(2)5-10-6-11(14)18-19(10)9-3-4-12(17-7-9)20-13(15)16/h3-4,6-8,13H,5H2,1-2H3. The number of rotatable bonds is 5. The molecule has 4 nitrogen and oxygen atoms in total. The van der Waals surface area contributed by atoms with Gasteiger partial charge < -0.3 is 4.74 Å². The van der Waals surface area contributed by atoms with Gasteiger partial charge in [0.2, 0.25) is 5.88 Å². The van der Waals surface area contributed by atoms with Gasteiger partial charge in [0.15, 0.2) is 0 Å². The molecule has 20 heavy (non-hydrogen) atoms. The topological polar surface area (TPSA) is 39.9 Å². The molecule has 2 aromatic rings. The third-order valence-electron chi connectivity index (χ3n) is 2.55. The summed E-state index contributed by atoms with van der Waals surface area (Å²) in [7, 11) is 0. The maximum absolute atomic E-state index is 12.1. The number of alkyl halides is 2. The van der Waals surface area contributed by atoms with Crippen molar-refractivity contribution in [3.63, 3.8) is 0 Å². The minimum Gasteiger partial charge on any atom is -0.417 e. The van der Waals surface area contributed by atoms with Crippen LogP contribution >= 0.6 is 15.9 Å². The van der Waals surface area contributed by atoms with Crippen LogP contribution in [0.2, 0.25) is 0 Å². The van der Waals surface area contributed by atoms with Crippen LogP contribution in [0.4, 0.5) is 8.78 Å². The van der Waals surface area contributed by atoms with Crippen molar-refractivity contribution in [3.05, 3.63) is 34.7 Å². The summed E-state index contributed by atoms with van der Waals surface area (Å²) in [4.78, 5) is 3.85. The van der Waals surface area contributed by atoms with Gasteiger partial charge in [0.25, 0.3) is 0 Å². The number of hydrogen-bond donors (Lipinski definition) is 0. The van der Waals surface area contributed by atoms with E-state index in [1.807, 2.05) is 6.07 Å². The summed E-state index contributed by atoms with van der Waals surface area (Å²) in [5.41, 5.74) is 1.73. The summed E-state index contributed by atoms with van der Waals surface area (Å²) >= 11 is 3.34. The van der Waals surface area contributed by atoms with Crippen molar-refractivity contribution in [2.75, 3.05) is 0 Å². The molecule has 0 atom stereocenters. The molecule has 2 aromatic heterocycles. The van der Waals surface area contributed by atoms with Gasteiger partial charge in [-0.3, -0.25) is 0 Å². The van der Waals surface area contributed by atoms with Crippen LogP contribution < -0.4 is 4.74 Å². The highest BCUT2D eigenvalue weighted by molar-refractivity contribution is 9.10. The average Bonchev–Trinajstić information content (AvgIpc) is 2.69. The van der Waals surface area contributed by atoms with Crippen LogP contribution in [0.1, 0.15) is 19.5 Å². The Morgan fingerprint density at radius 1 is 1.35 bits per heavy atom. The van der Waals surface area contributed by atoms with Gasteiger partial charge in [0.05, 0.1) is 11.9 Å². The van der Waals surface area contributed by atoms with E-state index in [1.54, 1.807) is 10.7 Å². The molecule has 0 spiro atoms. The molecule has 0 fully saturated rings. The van der Waals surface area contributed by atoms with Crippen LogP contribution in [0, 0.1) is 5.92 Å². The van der Waals surface area contributed by atoms with Gasteiger partial charge in [-0.1, -0.05) is 13.8 Å². The maximum Gasteiger partial charge on any atom is 0.388 e. The monoisotopic (exact) mass is 345 g/mol. The first kappa shape index (κ1) is 14.9. The van der Waals surface area contributed by atoms with Crippen molar-refractivity contribution >= 4 is 15.9 Å². The highest BCUT2D eigenvalue weighted by Crippen LogP contribution is 2.20. The second-order valence-electron chi connectivity index (χ2n) is 4.70. The molecule has 0 saturated carbocycles. The number of hydrogen-bond acceptors (Lipinski definition) is 3. The van der Waals surface area contributed by atoms with Crippen molar-refractivity contribution in [1.29, 1.82) is 0 Å². The molecule has 108 valence electrons. The van der Waals surface area contributed by atoms with E-state index in [1.165, 1.54) is 12.3 Å². The second-order valence-corrected chi connectivity index (χ2v) is 5.51. The van der Waals surface area contributed by atoms with E-state index in [4.69, 9.17) is 0 Å². The zero-order valence-electron chi connectivity index (χ0n) is 11.1. The van der Waals surface area contributed by atoms with Crippen molar-refractivity contribution in [2.45, 2.75) is 26.9 Å². The highest BCUT2D eigenvalue weighted by atomic mass is 79.9. The zero-order chi connectivity index (χ0) is 14.7. The van der Waals surface area contributed by atoms with Crippen LogP contribution in [-0.4, -0.2) is 21.4 Å². The molecule has 0 aromatic carbocycles. The Hall–Kier alpha value is -1.50. The summed E-state index contributed by atoms with van der Waals surface area (Å²) in [6.07, 6.45) is 2.31. The number of halogens is 3. The Kier molecular flexibility index (Phi) is 4.69. The molecule has 2 heterocycles. The largest absolute Gasteiger partial charge is 0.417 e. The lowest BCUT2D eigenvalue weighted by atomic mass is 10.1. The number of pyridine rings is 1. The fourth-order valence-corrected chi connectivity index (χ4v) is 2.26. The van der Waals surface area contributed by atoms with Crippen LogP contribution in [0.15, 0.2) is 29.0 Å². The Balaban J connectivity index is 2.27. The molecule has 0 bridgehead atoms. The second kappa shape index (κ2) is 6.30. The van der Waals surface area contributed by atoms with Crippen LogP contribution in [0.5, 0.6) is 5.88 Å². The van der Waals surface area contributed by atoms with E-state index in [0.717, 1.165) is 16.7 Å². The average molecular weight is 346 g/mol. The van der Waals surface area contributed by atoms with Gasteiger partial charge in [-0.2, -0.15) is 13.9 Å². The molecule has 0 N–H and O–H groups in total. The first-order chi connectivity index (χ1) is 9.45. The fourth-order valence-electron chi connectivity index (χ4n) is 1.83. The summed E-state index contributed by atoms with van der Waals surface area (Å²) in [5, 5.41) is 4.33. The van der Waals surface area contributed by atoms with E-state index in [9.17, 15) is 8.78 Å². The summed E-state index contributed by atoms with van der Waals surface area (Å²) < 4.78 is 30.8. The molecule has 2 rings (SSSR count). The first-order valence-corrected chi connectivity index (χ1v) is 6.90. The normalized spacial score (nSPS) is 11.3. The molecular weight excluding hydrogens is 332 g/mol. The van der Waals surface area contributed by atoms with Crippen molar-refractivity contribution in [1.82, 2.24) is 14.8 Å². The number of ether oxygens (including phenoxy) is 1. The Morgan fingerprint density at radius 3 is 2.65 bits per heavy atom. The maximum atomic E-state index is 12.1. The molecule has 0 unspecified atom stereocenters. The predicted octanol–water partition coefficient (Wildman–Crippen LogP) is 3.83. The lowest BCUT2D eigenvalue weighted by Gasteiger charge is -2.09. The van der Waals surface area contributed by atoms with E-state index >= 15 is 0 Å². The Labute approximate surface area is 123 Å². The summed E-state index contributed by atoms with van der Waals surface area (Å²) in [5.74, 6) is 0.368. The minimum atomic E-state index is -2.87.